The molecule has 1 fully saturated rings. The Hall–Kier alpha value is -1.84. The lowest BCUT2D eigenvalue weighted by Crippen LogP contribution is -2.57. The number of hydrogen-bond acceptors (Lipinski definition) is 2. The number of carboxylic acids is 1. The van der Waals surface area contributed by atoms with Gasteiger partial charge >= 0.3 is 5.97 Å². The third kappa shape index (κ3) is 2.94. The molecular weight excluding hydrogens is 266 g/mol. The second kappa shape index (κ2) is 5.51. The Bertz CT molecular complexity index is 527. The Morgan fingerprint density at radius 3 is 2.14 bits per heavy atom. The summed E-state index contributed by atoms with van der Waals surface area (Å²) < 4.78 is 0. The van der Waals surface area contributed by atoms with Crippen molar-refractivity contribution in [1.82, 2.24) is 5.32 Å². The molecule has 1 aliphatic carbocycles. The zero-order valence-corrected chi connectivity index (χ0v) is 12.8. The van der Waals surface area contributed by atoms with Gasteiger partial charge in [-0.25, -0.2) is 4.79 Å². The van der Waals surface area contributed by atoms with E-state index in [0.29, 0.717) is 0 Å². The first kappa shape index (κ1) is 15.5. The fraction of sp³-hybridized carbons (Fsp3) is 0.529. The number of rotatable bonds is 4. The highest BCUT2D eigenvalue weighted by Crippen LogP contribution is 2.44. The molecule has 4 heteroatoms. The third-order valence-corrected chi connectivity index (χ3v) is 4.36. The van der Waals surface area contributed by atoms with Crippen LogP contribution >= 0.6 is 0 Å². The molecule has 1 aliphatic rings. The van der Waals surface area contributed by atoms with Crippen LogP contribution in [0.2, 0.25) is 0 Å². The summed E-state index contributed by atoms with van der Waals surface area (Å²) >= 11 is 0. The van der Waals surface area contributed by atoms with Crippen LogP contribution in [0.3, 0.4) is 0 Å². The van der Waals surface area contributed by atoms with Gasteiger partial charge in [-0.2, -0.15) is 0 Å². The highest BCUT2D eigenvalue weighted by Gasteiger charge is 2.47. The first-order valence-corrected chi connectivity index (χ1v) is 7.37. The molecule has 4 nitrogen and oxygen atoms in total. The van der Waals surface area contributed by atoms with E-state index < -0.39 is 22.8 Å². The van der Waals surface area contributed by atoms with E-state index in [-0.39, 0.29) is 5.91 Å². The number of aliphatic carboxylic acids is 1. The van der Waals surface area contributed by atoms with Crippen molar-refractivity contribution in [3.63, 3.8) is 0 Å². The number of hydrogen-bond donors (Lipinski definition) is 2. The molecule has 1 atom stereocenters. The number of carboxylic acid groups (broad SMARTS) is 1. The van der Waals surface area contributed by atoms with Gasteiger partial charge in [-0.15, -0.1) is 0 Å². The summed E-state index contributed by atoms with van der Waals surface area (Å²) in [5.41, 5.74) is -0.102. The van der Waals surface area contributed by atoms with Gasteiger partial charge < -0.3 is 10.4 Å². The van der Waals surface area contributed by atoms with Gasteiger partial charge in [-0.05, 0) is 23.8 Å². The Balaban J connectivity index is 2.24. The number of amides is 1. The molecule has 0 radical (unpaired) electrons. The van der Waals surface area contributed by atoms with E-state index >= 15 is 0 Å². The van der Waals surface area contributed by atoms with Crippen LogP contribution in [0.25, 0.3) is 0 Å². The van der Waals surface area contributed by atoms with Crippen molar-refractivity contribution in [1.29, 1.82) is 0 Å². The topological polar surface area (TPSA) is 66.4 Å². The molecule has 0 aliphatic heterocycles. The SMILES string of the molecule is CC(C)(C)C(NC(=O)C1(c2ccccc2)CCC1)C(=O)O. The molecule has 0 heterocycles. The van der Waals surface area contributed by atoms with E-state index in [0.717, 1.165) is 24.8 Å². The maximum Gasteiger partial charge on any atom is 0.326 e. The Labute approximate surface area is 125 Å². The molecular formula is C17H23NO3. The largest absolute Gasteiger partial charge is 0.480 e. The third-order valence-electron chi connectivity index (χ3n) is 4.36. The van der Waals surface area contributed by atoms with Gasteiger partial charge in [0.1, 0.15) is 6.04 Å². The summed E-state index contributed by atoms with van der Waals surface area (Å²) in [7, 11) is 0. The smallest absolute Gasteiger partial charge is 0.326 e. The zero-order chi connectivity index (χ0) is 15.7. The molecule has 2 N–H and O–H groups in total. The fourth-order valence-electron chi connectivity index (χ4n) is 2.85. The number of carbonyl (C=O) groups excluding carboxylic acids is 1. The van der Waals surface area contributed by atoms with E-state index in [1.54, 1.807) is 0 Å². The van der Waals surface area contributed by atoms with Crippen LogP contribution in [0.1, 0.15) is 45.6 Å². The average molecular weight is 289 g/mol. The molecule has 0 aromatic heterocycles. The van der Waals surface area contributed by atoms with Crippen molar-refractivity contribution < 1.29 is 14.7 Å². The monoisotopic (exact) mass is 289 g/mol. The Kier molecular flexibility index (Phi) is 4.08. The molecule has 1 aromatic carbocycles. The van der Waals surface area contributed by atoms with Crippen LogP contribution in [0.4, 0.5) is 0 Å². The summed E-state index contributed by atoms with van der Waals surface area (Å²) in [4.78, 5) is 24.2. The van der Waals surface area contributed by atoms with Gasteiger partial charge in [0.25, 0.3) is 0 Å². The van der Waals surface area contributed by atoms with Crippen LogP contribution in [-0.4, -0.2) is 23.0 Å². The molecule has 2 rings (SSSR count). The standard InChI is InChI=1S/C17H23NO3/c1-16(2,3)13(14(19)20)18-15(21)17(10-7-11-17)12-8-5-4-6-9-12/h4-6,8-9,13H,7,10-11H2,1-3H3,(H,18,21)(H,19,20). The van der Waals surface area contributed by atoms with E-state index in [1.165, 1.54) is 0 Å². The highest BCUT2D eigenvalue weighted by atomic mass is 16.4. The summed E-state index contributed by atoms with van der Waals surface area (Å²) in [6, 6.07) is 8.77. The maximum absolute atomic E-state index is 12.7. The minimum absolute atomic E-state index is 0.165. The fourth-order valence-corrected chi connectivity index (χ4v) is 2.85. The van der Waals surface area contributed by atoms with Crippen molar-refractivity contribution in [3.8, 4) is 0 Å². The Morgan fingerprint density at radius 1 is 1.19 bits per heavy atom. The van der Waals surface area contributed by atoms with E-state index in [9.17, 15) is 14.7 Å². The molecule has 0 bridgehead atoms. The van der Waals surface area contributed by atoms with E-state index in [4.69, 9.17) is 0 Å². The predicted molar refractivity (Wildman–Crippen MR) is 81.0 cm³/mol. The predicted octanol–water partition coefficient (Wildman–Crippen LogP) is 2.72. The molecule has 0 saturated heterocycles. The summed E-state index contributed by atoms with van der Waals surface area (Å²) in [5.74, 6) is -1.15. The molecule has 1 unspecified atom stereocenters. The van der Waals surface area contributed by atoms with Crippen molar-refractivity contribution >= 4 is 11.9 Å². The highest BCUT2D eigenvalue weighted by molar-refractivity contribution is 5.92. The van der Waals surface area contributed by atoms with Gasteiger partial charge in [-0.1, -0.05) is 57.5 Å². The zero-order valence-electron chi connectivity index (χ0n) is 12.8. The van der Waals surface area contributed by atoms with Crippen LogP contribution in [0.15, 0.2) is 30.3 Å². The molecule has 114 valence electrons. The molecule has 0 spiro atoms. The molecule has 1 saturated carbocycles. The van der Waals surface area contributed by atoms with Crippen LogP contribution in [-0.2, 0) is 15.0 Å². The van der Waals surface area contributed by atoms with Crippen LogP contribution < -0.4 is 5.32 Å². The van der Waals surface area contributed by atoms with E-state index in [1.807, 2.05) is 51.1 Å². The summed E-state index contributed by atoms with van der Waals surface area (Å²) in [6.07, 6.45) is 2.55. The van der Waals surface area contributed by atoms with Gasteiger partial charge in [0.2, 0.25) is 5.91 Å². The average Bonchev–Trinajstić information content (AvgIpc) is 2.34. The van der Waals surface area contributed by atoms with Crippen molar-refractivity contribution in [2.45, 2.75) is 51.5 Å². The van der Waals surface area contributed by atoms with Crippen molar-refractivity contribution in [2.75, 3.05) is 0 Å². The minimum atomic E-state index is -0.988. The van der Waals surface area contributed by atoms with E-state index in [2.05, 4.69) is 5.32 Å². The summed E-state index contributed by atoms with van der Waals surface area (Å²) in [5, 5.41) is 12.1. The van der Waals surface area contributed by atoms with Gasteiger partial charge in [0.05, 0.1) is 5.41 Å². The van der Waals surface area contributed by atoms with Crippen LogP contribution in [0, 0.1) is 5.41 Å². The lowest BCUT2D eigenvalue weighted by molar-refractivity contribution is -0.146. The Morgan fingerprint density at radius 2 is 1.76 bits per heavy atom. The van der Waals surface area contributed by atoms with Crippen LogP contribution in [0.5, 0.6) is 0 Å². The molecule has 1 aromatic rings. The first-order chi connectivity index (χ1) is 9.77. The molecule has 21 heavy (non-hydrogen) atoms. The van der Waals surface area contributed by atoms with Crippen molar-refractivity contribution in [2.24, 2.45) is 5.41 Å². The number of carbonyl (C=O) groups is 2. The minimum Gasteiger partial charge on any atom is -0.480 e. The first-order valence-electron chi connectivity index (χ1n) is 7.37. The second-order valence-corrected chi connectivity index (χ2v) is 6.91. The second-order valence-electron chi connectivity index (χ2n) is 6.91. The number of benzene rings is 1. The maximum atomic E-state index is 12.7. The molecule has 1 amide bonds. The van der Waals surface area contributed by atoms with Crippen molar-refractivity contribution in [3.05, 3.63) is 35.9 Å². The normalized spacial score (nSPS) is 18.4. The quantitative estimate of drug-likeness (QED) is 0.895. The number of nitrogens with one attached hydrogen (secondary N) is 1. The van der Waals surface area contributed by atoms with Gasteiger partial charge in [0, 0.05) is 0 Å². The van der Waals surface area contributed by atoms with Gasteiger partial charge in [0.15, 0.2) is 0 Å². The lowest BCUT2D eigenvalue weighted by Gasteiger charge is -2.42. The van der Waals surface area contributed by atoms with Gasteiger partial charge in [-0.3, -0.25) is 4.79 Å². The lowest BCUT2D eigenvalue weighted by atomic mass is 9.63. The summed E-state index contributed by atoms with van der Waals surface area (Å²) in [6.45, 7) is 5.46.